The monoisotopic (exact) mass is 278 g/mol. The molecule has 18 heavy (non-hydrogen) atoms. The Kier molecular flexibility index (Phi) is 5.51. The lowest BCUT2D eigenvalue weighted by molar-refractivity contribution is -0.136. The molecule has 0 radical (unpaired) electrons. The Balaban J connectivity index is 2.54. The molecule has 1 aliphatic rings. The largest absolute Gasteiger partial charge is 0.340 e. The lowest BCUT2D eigenvalue weighted by atomic mass is 10.0. The average molecular weight is 278 g/mol. The van der Waals surface area contributed by atoms with Crippen molar-refractivity contribution in [2.45, 2.75) is 19.8 Å². The molecule has 1 rings (SSSR count). The minimum atomic E-state index is -3.64. The van der Waals surface area contributed by atoms with Crippen LogP contribution in [0.4, 0.5) is 0 Å². The molecule has 1 aliphatic heterocycles. The van der Waals surface area contributed by atoms with E-state index in [2.05, 4.69) is 0 Å². The molecule has 8 heteroatoms. The zero-order valence-corrected chi connectivity index (χ0v) is 11.5. The minimum absolute atomic E-state index is 0.0217. The molecule has 0 bridgehead atoms. The number of hydrogen-bond donors (Lipinski definition) is 2. The van der Waals surface area contributed by atoms with E-state index in [9.17, 15) is 13.2 Å². The normalized spacial score (nSPS) is 19.8. The standard InChI is InChI=1S/C10H22N4O3S/c1-2-3-9(8-11)10(15)13-4-6-14(7-5-13)18(12,16)17/h9H,2-8,11H2,1H3,(H2,12,16,17). The van der Waals surface area contributed by atoms with Crippen LogP contribution in [0.2, 0.25) is 0 Å². The van der Waals surface area contributed by atoms with Gasteiger partial charge in [0.15, 0.2) is 0 Å². The van der Waals surface area contributed by atoms with E-state index in [-0.39, 0.29) is 24.9 Å². The summed E-state index contributed by atoms with van der Waals surface area (Å²) in [5.74, 6) is -0.135. The fraction of sp³-hybridized carbons (Fsp3) is 0.900. The second kappa shape index (κ2) is 6.46. The Labute approximate surface area is 108 Å². The first-order valence-corrected chi connectivity index (χ1v) is 7.67. The SMILES string of the molecule is CCCC(CN)C(=O)N1CCN(S(N)(=O)=O)CC1. The Morgan fingerprint density at radius 1 is 1.28 bits per heavy atom. The Morgan fingerprint density at radius 2 is 1.83 bits per heavy atom. The van der Waals surface area contributed by atoms with Gasteiger partial charge in [-0.3, -0.25) is 4.79 Å². The molecule has 1 atom stereocenters. The zero-order valence-electron chi connectivity index (χ0n) is 10.7. The third kappa shape index (κ3) is 3.91. The van der Waals surface area contributed by atoms with E-state index in [1.807, 2.05) is 6.92 Å². The summed E-state index contributed by atoms with van der Waals surface area (Å²) in [7, 11) is -3.64. The molecule has 0 saturated carbocycles. The molecule has 0 spiro atoms. The summed E-state index contributed by atoms with van der Waals surface area (Å²) in [6.45, 7) is 3.63. The van der Waals surface area contributed by atoms with Gasteiger partial charge < -0.3 is 10.6 Å². The molecule has 1 fully saturated rings. The van der Waals surface area contributed by atoms with Crippen LogP contribution in [0.1, 0.15) is 19.8 Å². The molecular formula is C10H22N4O3S. The van der Waals surface area contributed by atoms with Gasteiger partial charge in [0.25, 0.3) is 10.2 Å². The molecule has 4 N–H and O–H groups in total. The molecule has 0 aromatic heterocycles. The molecule has 0 aromatic rings. The second-order valence-corrected chi connectivity index (χ2v) is 6.04. The molecule has 1 saturated heterocycles. The van der Waals surface area contributed by atoms with E-state index in [0.29, 0.717) is 19.6 Å². The van der Waals surface area contributed by atoms with Crippen molar-refractivity contribution in [2.24, 2.45) is 16.8 Å². The average Bonchev–Trinajstić information content (AvgIpc) is 2.34. The van der Waals surface area contributed by atoms with Crippen LogP contribution in [0.25, 0.3) is 0 Å². The van der Waals surface area contributed by atoms with Gasteiger partial charge in [0.05, 0.1) is 5.92 Å². The van der Waals surface area contributed by atoms with Crippen LogP contribution in [0.15, 0.2) is 0 Å². The van der Waals surface area contributed by atoms with Crippen molar-refractivity contribution >= 4 is 16.1 Å². The highest BCUT2D eigenvalue weighted by atomic mass is 32.2. The fourth-order valence-electron chi connectivity index (χ4n) is 2.11. The smallest absolute Gasteiger partial charge is 0.277 e. The number of nitrogens with zero attached hydrogens (tertiary/aromatic N) is 2. The van der Waals surface area contributed by atoms with Gasteiger partial charge in [0.2, 0.25) is 5.91 Å². The molecule has 1 amide bonds. The van der Waals surface area contributed by atoms with Crippen LogP contribution in [-0.2, 0) is 15.0 Å². The summed E-state index contributed by atoms with van der Waals surface area (Å²) < 4.78 is 23.5. The lowest BCUT2D eigenvalue weighted by Crippen LogP contribution is -2.53. The van der Waals surface area contributed by atoms with Crippen molar-refractivity contribution < 1.29 is 13.2 Å². The molecule has 0 aliphatic carbocycles. The summed E-state index contributed by atoms with van der Waals surface area (Å²) in [5.41, 5.74) is 5.59. The second-order valence-electron chi connectivity index (χ2n) is 4.49. The molecule has 106 valence electrons. The van der Waals surface area contributed by atoms with Gasteiger partial charge in [-0.15, -0.1) is 0 Å². The third-order valence-corrected chi connectivity index (χ3v) is 4.27. The number of piperazine rings is 1. The van der Waals surface area contributed by atoms with Crippen LogP contribution in [0.3, 0.4) is 0 Å². The third-order valence-electron chi connectivity index (χ3n) is 3.18. The van der Waals surface area contributed by atoms with Crippen LogP contribution < -0.4 is 10.9 Å². The number of rotatable bonds is 5. The maximum Gasteiger partial charge on any atom is 0.277 e. The first-order valence-electron chi connectivity index (χ1n) is 6.16. The van der Waals surface area contributed by atoms with Crippen molar-refractivity contribution in [2.75, 3.05) is 32.7 Å². The predicted octanol–water partition coefficient (Wildman–Crippen LogP) is -1.29. The van der Waals surface area contributed by atoms with Gasteiger partial charge in [-0.1, -0.05) is 13.3 Å². The summed E-state index contributed by atoms with van der Waals surface area (Å²) in [6.07, 6.45) is 1.68. The van der Waals surface area contributed by atoms with Crippen molar-refractivity contribution in [1.29, 1.82) is 0 Å². The van der Waals surface area contributed by atoms with Crippen LogP contribution in [0, 0.1) is 5.92 Å². The minimum Gasteiger partial charge on any atom is -0.340 e. The van der Waals surface area contributed by atoms with E-state index in [0.717, 1.165) is 12.8 Å². The van der Waals surface area contributed by atoms with E-state index in [1.54, 1.807) is 4.90 Å². The predicted molar refractivity (Wildman–Crippen MR) is 68.7 cm³/mol. The number of carbonyl (C=O) groups is 1. The number of hydrogen-bond acceptors (Lipinski definition) is 4. The highest BCUT2D eigenvalue weighted by Gasteiger charge is 2.29. The highest BCUT2D eigenvalue weighted by molar-refractivity contribution is 7.86. The number of carbonyl (C=O) groups excluding carboxylic acids is 1. The quantitative estimate of drug-likeness (QED) is 0.652. The van der Waals surface area contributed by atoms with E-state index >= 15 is 0 Å². The van der Waals surface area contributed by atoms with Crippen LogP contribution >= 0.6 is 0 Å². The van der Waals surface area contributed by atoms with Gasteiger partial charge in [0, 0.05) is 32.7 Å². The van der Waals surface area contributed by atoms with Crippen molar-refractivity contribution in [3.05, 3.63) is 0 Å². The van der Waals surface area contributed by atoms with Crippen LogP contribution in [-0.4, -0.2) is 56.3 Å². The summed E-state index contributed by atoms with van der Waals surface area (Å²) in [5, 5.41) is 5.04. The topological polar surface area (TPSA) is 110 Å². The van der Waals surface area contributed by atoms with Gasteiger partial charge in [0.1, 0.15) is 0 Å². The van der Waals surface area contributed by atoms with Gasteiger partial charge in [-0.05, 0) is 6.42 Å². The molecule has 7 nitrogen and oxygen atoms in total. The van der Waals surface area contributed by atoms with E-state index < -0.39 is 10.2 Å². The lowest BCUT2D eigenvalue weighted by Gasteiger charge is -2.34. The summed E-state index contributed by atoms with van der Waals surface area (Å²) >= 11 is 0. The summed E-state index contributed by atoms with van der Waals surface area (Å²) in [4.78, 5) is 13.8. The maximum atomic E-state index is 12.1. The van der Waals surface area contributed by atoms with Crippen molar-refractivity contribution in [3.63, 3.8) is 0 Å². The highest BCUT2D eigenvalue weighted by Crippen LogP contribution is 2.12. The first-order chi connectivity index (χ1) is 8.40. The van der Waals surface area contributed by atoms with Gasteiger partial charge in [-0.2, -0.15) is 12.7 Å². The van der Waals surface area contributed by atoms with Crippen molar-refractivity contribution in [1.82, 2.24) is 9.21 Å². The van der Waals surface area contributed by atoms with Crippen molar-refractivity contribution in [3.8, 4) is 0 Å². The Hall–Kier alpha value is -0.700. The number of nitrogens with two attached hydrogens (primary N) is 2. The first kappa shape index (κ1) is 15.4. The molecule has 1 unspecified atom stereocenters. The Morgan fingerprint density at radius 3 is 2.22 bits per heavy atom. The molecule has 1 heterocycles. The maximum absolute atomic E-state index is 12.1. The van der Waals surface area contributed by atoms with Gasteiger partial charge in [-0.25, -0.2) is 5.14 Å². The van der Waals surface area contributed by atoms with Gasteiger partial charge >= 0.3 is 0 Å². The van der Waals surface area contributed by atoms with E-state index in [4.69, 9.17) is 10.9 Å². The van der Waals surface area contributed by atoms with Crippen LogP contribution in [0.5, 0.6) is 0 Å². The fourth-order valence-corrected chi connectivity index (χ4v) is 2.78. The zero-order chi connectivity index (χ0) is 13.8. The summed E-state index contributed by atoms with van der Waals surface area (Å²) in [6, 6.07) is 0. The van der Waals surface area contributed by atoms with E-state index in [1.165, 1.54) is 4.31 Å². The number of amides is 1. The Bertz CT molecular complexity index is 377. The molecular weight excluding hydrogens is 256 g/mol. The molecule has 0 aromatic carbocycles.